The molecule has 1 saturated heterocycles. The highest BCUT2D eigenvalue weighted by Crippen LogP contribution is 2.43. The molecule has 2 heterocycles. The molecule has 4 rings (SSSR count). The fourth-order valence-corrected chi connectivity index (χ4v) is 4.11. The Bertz CT molecular complexity index is 790. The molecule has 1 atom stereocenters. The molecule has 0 bridgehead atoms. The van der Waals surface area contributed by atoms with Crippen molar-refractivity contribution in [1.29, 1.82) is 0 Å². The van der Waals surface area contributed by atoms with Gasteiger partial charge in [0.05, 0.1) is 25.7 Å². The standard InChI is InChI=1S/C18H23N5O3.CH2O2/c1-25-14-6-4-13(5-7-14)18(8-2-3-9-18)17(24)23-10-11-26-15(12-23)16-19-21-22-20-16;2-1-3/h4-7,15H,2-3,8-12H2,1H3,(H,19,20,21,22);1H,(H,2,3). The van der Waals surface area contributed by atoms with Gasteiger partial charge in [0.2, 0.25) is 11.7 Å². The Morgan fingerprint density at radius 3 is 2.62 bits per heavy atom. The van der Waals surface area contributed by atoms with Crippen LogP contribution in [0.15, 0.2) is 24.3 Å². The molecule has 1 aliphatic carbocycles. The summed E-state index contributed by atoms with van der Waals surface area (Å²) in [5.41, 5.74) is 0.620. The van der Waals surface area contributed by atoms with Gasteiger partial charge in [-0.15, -0.1) is 10.2 Å². The molecule has 0 radical (unpaired) electrons. The van der Waals surface area contributed by atoms with Gasteiger partial charge in [-0.25, -0.2) is 0 Å². The molecule has 29 heavy (non-hydrogen) atoms. The van der Waals surface area contributed by atoms with Gasteiger partial charge in [-0.1, -0.05) is 30.2 Å². The summed E-state index contributed by atoms with van der Waals surface area (Å²) < 4.78 is 11.0. The van der Waals surface area contributed by atoms with Gasteiger partial charge in [-0.3, -0.25) is 9.59 Å². The maximum Gasteiger partial charge on any atom is 0.290 e. The van der Waals surface area contributed by atoms with Crippen molar-refractivity contribution in [3.63, 3.8) is 0 Å². The van der Waals surface area contributed by atoms with E-state index >= 15 is 0 Å². The number of nitrogens with zero attached hydrogens (tertiary/aromatic N) is 4. The Hall–Kier alpha value is -3.01. The van der Waals surface area contributed by atoms with Crippen molar-refractivity contribution >= 4 is 12.4 Å². The zero-order valence-corrected chi connectivity index (χ0v) is 16.3. The second-order valence-electron chi connectivity index (χ2n) is 7.00. The second kappa shape index (κ2) is 9.46. The number of carbonyl (C=O) groups is 2. The lowest BCUT2D eigenvalue weighted by molar-refractivity contribution is -0.145. The molecule has 2 aliphatic rings. The third-order valence-electron chi connectivity index (χ3n) is 5.51. The number of ether oxygens (including phenoxy) is 2. The summed E-state index contributed by atoms with van der Waals surface area (Å²) in [6.45, 7) is 1.27. The van der Waals surface area contributed by atoms with Crippen LogP contribution in [-0.4, -0.2) is 69.8 Å². The lowest BCUT2D eigenvalue weighted by Crippen LogP contribution is -2.50. The van der Waals surface area contributed by atoms with Gasteiger partial charge in [0, 0.05) is 6.54 Å². The van der Waals surface area contributed by atoms with Crippen LogP contribution in [0.1, 0.15) is 43.2 Å². The second-order valence-corrected chi connectivity index (χ2v) is 7.00. The Kier molecular flexibility index (Phi) is 6.76. The van der Waals surface area contributed by atoms with Crippen LogP contribution < -0.4 is 4.74 Å². The van der Waals surface area contributed by atoms with Crippen LogP contribution in [0, 0.1) is 0 Å². The van der Waals surface area contributed by atoms with Crippen molar-refractivity contribution in [2.24, 2.45) is 0 Å². The Labute approximate surface area is 168 Å². The molecule has 1 aliphatic heterocycles. The molecule has 1 aromatic carbocycles. The van der Waals surface area contributed by atoms with Crippen LogP contribution in [0.3, 0.4) is 0 Å². The number of aromatic amines is 1. The molecule has 1 amide bonds. The summed E-state index contributed by atoms with van der Waals surface area (Å²) in [4.78, 5) is 23.8. The quantitative estimate of drug-likeness (QED) is 0.731. The van der Waals surface area contributed by atoms with Gasteiger partial charge in [-0.05, 0) is 30.5 Å². The zero-order chi connectivity index (χ0) is 20.7. The van der Waals surface area contributed by atoms with E-state index in [-0.39, 0.29) is 18.5 Å². The number of morpholine rings is 1. The molecule has 1 unspecified atom stereocenters. The number of amides is 1. The summed E-state index contributed by atoms with van der Waals surface area (Å²) in [5, 5.41) is 20.9. The lowest BCUT2D eigenvalue weighted by Gasteiger charge is -2.38. The van der Waals surface area contributed by atoms with Crippen LogP contribution in [-0.2, 0) is 19.7 Å². The first-order chi connectivity index (χ1) is 14.1. The average Bonchev–Trinajstić information content (AvgIpc) is 3.47. The van der Waals surface area contributed by atoms with E-state index < -0.39 is 5.41 Å². The van der Waals surface area contributed by atoms with E-state index in [0.29, 0.717) is 25.5 Å². The predicted octanol–water partition coefficient (Wildman–Crippen LogP) is 1.32. The number of carbonyl (C=O) groups excluding carboxylic acids is 1. The monoisotopic (exact) mass is 403 g/mol. The maximum absolute atomic E-state index is 13.6. The number of benzene rings is 1. The third-order valence-corrected chi connectivity index (χ3v) is 5.51. The fraction of sp³-hybridized carbons (Fsp3) is 0.526. The Morgan fingerprint density at radius 2 is 2.03 bits per heavy atom. The van der Waals surface area contributed by atoms with E-state index in [2.05, 4.69) is 20.6 Å². The maximum atomic E-state index is 13.6. The molecule has 1 aromatic heterocycles. The van der Waals surface area contributed by atoms with Gasteiger partial charge in [0.1, 0.15) is 11.9 Å². The minimum absolute atomic E-state index is 0.178. The van der Waals surface area contributed by atoms with Crippen molar-refractivity contribution < 1.29 is 24.2 Å². The molecule has 156 valence electrons. The summed E-state index contributed by atoms with van der Waals surface area (Å²) >= 11 is 0. The van der Waals surface area contributed by atoms with E-state index in [1.807, 2.05) is 29.2 Å². The van der Waals surface area contributed by atoms with Gasteiger partial charge >= 0.3 is 0 Å². The number of nitrogens with one attached hydrogen (secondary N) is 1. The normalized spacial score (nSPS) is 20.4. The van der Waals surface area contributed by atoms with Gasteiger partial charge < -0.3 is 19.5 Å². The summed E-state index contributed by atoms with van der Waals surface area (Å²) in [5.74, 6) is 1.47. The van der Waals surface area contributed by atoms with E-state index in [0.717, 1.165) is 37.0 Å². The lowest BCUT2D eigenvalue weighted by atomic mass is 9.77. The van der Waals surface area contributed by atoms with Crippen molar-refractivity contribution in [2.75, 3.05) is 26.8 Å². The largest absolute Gasteiger partial charge is 0.497 e. The first kappa shape index (κ1) is 20.7. The number of tetrazole rings is 1. The number of aromatic nitrogens is 4. The summed E-state index contributed by atoms with van der Waals surface area (Å²) in [6.07, 6.45) is 3.55. The molecule has 2 N–H and O–H groups in total. The van der Waals surface area contributed by atoms with Crippen LogP contribution in [0.2, 0.25) is 0 Å². The minimum Gasteiger partial charge on any atom is -0.497 e. The fourth-order valence-electron chi connectivity index (χ4n) is 4.11. The topological polar surface area (TPSA) is 131 Å². The number of carboxylic acid groups (broad SMARTS) is 1. The molecular weight excluding hydrogens is 378 g/mol. The van der Waals surface area contributed by atoms with Gasteiger partial charge in [0.15, 0.2) is 0 Å². The van der Waals surface area contributed by atoms with Crippen molar-refractivity contribution in [3.05, 3.63) is 35.7 Å². The van der Waals surface area contributed by atoms with E-state index in [1.54, 1.807) is 7.11 Å². The summed E-state index contributed by atoms with van der Waals surface area (Å²) in [6, 6.07) is 7.92. The molecule has 2 fully saturated rings. The van der Waals surface area contributed by atoms with E-state index in [1.165, 1.54) is 0 Å². The van der Waals surface area contributed by atoms with Crippen LogP contribution in [0.5, 0.6) is 5.75 Å². The highest BCUT2D eigenvalue weighted by Gasteiger charge is 2.46. The summed E-state index contributed by atoms with van der Waals surface area (Å²) in [7, 11) is 1.65. The number of rotatable bonds is 4. The number of H-pyrrole nitrogens is 1. The van der Waals surface area contributed by atoms with Crippen LogP contribution in [0.4, 0.5) is 0 Å². The smallest absolute Gasteiger partial charge is 0.290 e. The third kappa shape index (κ3) is 4.37. The predicted molar refractivity (Wildman–Crippen MR) is 101 cm³/mol. The van der Waals surface area contributed by atoms with Crippen molar-refractivity contribution in [1.82, 2.24) is 25.5 Å². The average molecular weight is 403 g/mol. The first-order valence-corrected chi connectivity index (χ1v) is 9.51. The highest BCUT2D eigenvalue weighted by molar-refractivity contribution is 5.89. The molecule has 2 aromatic rings. The van der Waals surface area contributed by atoms with Crippen LogP contribution >= 0.6 is 0 Å². The Balaban J connectivity index is 0.000000755. The molecule has 1 saturated carbocycles. The van der Waals surface area contributed by atoms with E-state index in [4.69, 9.17) is 19.4 Å². The minimum atomic E-state index is -0.453. The zero-order valence-electron chi connectivity index (χ0n) is 16.3. The number of hydrogen-bond acceptors (Lipinski definition) is 7. The molecule has 10 nitrogen and oxygen atoms in total. The van der Waals surface area contributed by atoms with Gasteiger partial charge in [0.25, 0.3) is 6.47 Å². The van der Waals surface area contributed by atoms with E-state index in [9.17, 15) is 4.79 Å². The van der Waals surface area contributed by atoms with Crippen molar-refractivity contribution in [3.8, 4) is 5.75 Å². The number of hydrogen-bond donors (Lipinski definition) is 2. The molecule has 10 heteroatoms. The highest BCUT2D eigenvalue weighted by atomic mass is 16.5. The molecule has 0 spiro atoms. The van der Waals surface area contributed by atoms with Crippen molar-refractivity contribution in [2.45, 2.75) is 37.2 Å². The first-order valence-electron chi connectivity index (χ1n) is 9.51. The Morgan fingerprint density at radius 1 is 1.34 bits per heavy atom. The number of methoxy groups -OCH3 is 1. The van der Waals surface area contributed by atoms with Crippen LogP contribution in [0.25, 0.3) is 0 Å². The van der Waals surface area contributed by atoms with Gasteiger partial charge in [-0.2, -0.15) is 5.21 Å². The SMILES string of the molecule is COc1ccc(C2(C(=O)N3CCOC(c4nn[nH]n4)C3)CCCC2)cc1.O=CO. The molecular formula is C19H25N5O5.